The molecule has 0 spiro atoms. The fourth-order valence-electron chi connectivity index (χ4n) is 3.64. The lowest BCUT2D eigenvalue weighted by molar-refractivity contribution is -0.116. The molecule has 152 valence electrons. The standard InChI is InChI=1S/C20H20ClN3O4S/c21-17-7-6-15(14-18(17)24-19(25)8-13-29(24,27)28)20(26)23-11-9-22(10-12-23)16-4-2-1-3-5-16/h1-7,14H,8-13H2. The lowest BCUT2D eigenvalue weighted by Gasteiger charge is -2.36. The second-order valence-electron chi connectivity index (χ2n) is 7.01. The fourth-order valence-corrected chi connectivity index (χ4v) is 5.36. The Balaban J connectivity index is 1.52. The number of hydrogen-bond acceptors (Lipinski definition) is 5. The third-order valence-corrected chi connectivity index (χ3v) is 7.17. The van der Waals surface area contributed by atoms with E-state index in [1.165, 1.54) is 12.1 Å². The van der Waals surface area contributed by atoms with Gasteiger partial charge in [-0.2, -0.15) is 0 Å². The van der Waals surface area contributed by atoms with E-state index in [0.717, 1.165) is 9.99 Å². The highest BCUT2D eigenvalue weighted by Gasteiger charge is 2.38. The molecule has 9 heteroatoms. The van der Waals surface area contributed by atoms with Gasteiger partial charge in [-0.15, -0.1) is 0 Å². The summed E-state index contributed by atoms with van der Waals surface area (Å²) in [5.41, 5.74) is 1.47. The summed E-state index contributed by atoms with van der Waals surface area (Å²) in [7, 11) is -3.75. The molecule has 2 fully saturated rings. The van der Waals surface area contributed by atoms with Crippen molar-refractivity contribution in [3.63, 3.8) is 0 Å². The first-order valence-corrected chi connectivity index (χ1v) is 11.3. The van der Waals surface area contributed by atoms with Crippen molar-refractivity contribution in [2.75, 3.05) is 41.1 Å². The van der Waals surface area contributed by atoms with Crippen molar-refractivity contribution in [1.29, 1.82) is 0 Å². The minimum atomic E-state index is -3.75. The van der Waals surface area contributed by atoms with Crippen molar-refractivity contribution in [3.8, 4) is 0 Å². The molecule has 2 heterocycles. The molecule has 7 nitrogen and oxygen atoms in total. The summed E-state index contributed by atoms with van der Waals surface area (Å²) < 4.78 is 25.2. The molecular formula is C20H20ClN3O4S. The van der Waals surface area contributed by atoms with Gasteiger partial charge in [0.2, 0.25) is 15.9 Å². The Kier molecular flexibility index (Phi) is 5.23. The van der Waals surface area contributed by atoms with E-state index < -0.39 is 15.9 Å². The number of halogens is 1. The van der Waals surface area contributed by atoms with Gasteiger partial charge in [0.25, 0.3) is 5.91 Å². The van der Waals surface area contributed by atoms with Crippen LogP contribution in [0.3, 0.4) is 0 Å². The molecule has 2 aliphatic rings. The van der Waals surface area contributed by atoms with E-state index in [-0.39, 0.29) is 28.8 Å². The lowest BCUT2D eigenvalue weighted by atomic mass is 10.1. The van der Waals surface area contributed by atoms with Crippen molar-refractivity contribution in [3.05, 3.63) is 59.1 Å². The summed E-state index contributed by atoms with van der Waals surface area (Å²) in [5, 5.41) is 0.120. The monoisotopic (exact) mass is 433 g/mol. The largest absolute Gasteiger partial charge is 0.368 e. The summed E-state index contributed by atoms with van der Waals surface area (Å²) >= 11 is 6.16. The number of amides is 2. The second kappa shape index (κ2) is 7.68. The number of sulfonamides is 1. The van der Waals surface area contributed by atoms with Crippen molar-refractivity contribution in [2.45, 2.75) is 6.42 Å². The number of rotatable bonds is 3. The number of nitrogens with zero attached hydrogens (tertiary/aromatic N) is 3. The number of hydrogen-bond donors (Lipinski definition) is 0. The molecule has 0 aromatic heterocycles. The van der Waals surface area contributed by atoms with E-state index in [1.807, 2.05) is 30.3 Å². The zero-order valence-corrected chi connectivity index (χ0v) is 17.2. The van der Waals surface area contributed by atoms with Crippen LogP contribution >= 0.6 is 11.6 Å². The van der Waals surface area contributed by atoms with E-state index in [1.54, 1.807) is 11.0 Å². The van der Waals surface area contributed by atoms with Crippen LogP contribution in [0, 0.1) is 0 Å². The van der Waals surface area contributed by atoms with Crippen molar-refractivity contribution >= 4 is 44.8 Å². The number of benzene rings is 2. The number of piperazine rings is 1. The third kappa shape index (κ3) is 3.82. The van der Waals surface area contributed by atoms with Gasteiger partial charge in [-0.1, -0.05) is 29.8 Å². The van der Waals surface area contributed by atoms with Crippen LogP contribution in [0.25, 0.3) is 0 Å². The molecule has 0 saturated carbocycles. The van der Waals surface area contributed by atoms with E-state index in [2.05, 4.69) is 4.90 Å². The summed E-state index contributed by atoms with van der Waals surface area (Å²) in [6, 6.07) is 14.4. The summed E-state index contributed by atoms with van der Waals surface area (Å²) in [4.78, 5) is 29.0. The van der Waals surface area contributed by atoms with Gasteiger partial charge in [-0.25, -0.2) is 12.7 Å². The normalized spacial score (nSPS) is 18.9. The molecular weight excluding hydrogens is 414 g/mol. The molecule has 0 radical (unpaired) electrons. The Morgan fingerprint density at radius 1 is 0.966 bits per heavy atom. The number of carbonyl (C=O) groups is 2. The lowest BCUT2D eigenvalue weighted by Crippen LogP contribution is -2.48. The van der Waals surface area contributed by atoms with Crippen LogP contribution in [0.5, 0.6) is 0 Å². The summed E-state index contributed by atoms with van der Waals surface area (Å²) in [6.07, 6.45) is -0.0850. The van der Waals surface area contributed by atoms with Crippen LogP contribution in [0.15, 0.2) is 48.5 Å². The maximum absolute atomic E-state index is 13.0. The number of para-hydroxylation sites is 1. The molecule has 2 aromatic carbocycles. The van der Waals surface area contributed by atoms with Crippen molar-refractivity contribution < 1.29 is 18.0 Å². The van der Waals surface area contributed by atoms with Crippen molar-refractivity contribution in [1.82, 2.24) is 4.90 Å². The van der Waals surface area contributed by atoms with E-state index in [4.69, 9.17) is 11.6 Å². The summed E-state index contributed by atoms with van der Waals surface area (Å²) in [5.74, 6) is -0.991. The highest BCUT2D eigenvalue weighted by Crippen LogP contribution is 2.33. The first kappa shape index (κ1) is 19.7. The van der Waals surface area contributed by atoms with Gasteiger partial charge >= 0.3 is 0 Å². The van der Waals surface area contributed by atoms with Crippen LogP contribution in [0.4, 0.5) is 11.4 Å². The van der Waals surface area contributed by atoms with Gasteiger partial charge in [0.1, 0.15) is 0 Å². The van der Waals surface area contributed by atoms with Gasteiger partial charge in [0.05, 0.1) is 16.5 Å². The Hall–Kier alpha value is -2.58. The van der Waals surface area contributed by atoms with Crippen LogP contribution in [-0.2, 0) is 14.8 Å². The maximum Gasteiger partial charge on any atom is 0.254 e. The molecule has 0 aliphatic carbocycles. The topological polar surface area (TPSA) is 78.0 Å². The predicted octanol–water partition coefficient (Wildman–Crippen LogP) is 2.37. The number of anilines is 2. The third-order valence-electron chi connectivity index (χ3n) is 5.18. The zero-order valence-electron chi connectivity index (χ0n) is 15.6. The van der Waals surface area contributed by atoms with Crippen LogP contribution in [0.2, 0.25) is 5.02 Å². The minimum absolute atomic E-state index is 0.0444. The van der Waals surface area contributed by atoms with Gasteiger partial charge in [-0.3, -0.25) is 9.59 Å². The van der Waals surface area contributed by atoms with Crippen molar-refractivity contribution in [2.24, 2.45) is 0 Å². The van der Waals surface area contributed by atoms with E-state index in [0.29, 0.717) is 31.7 Å². The molecule has 4 rings (SSSR count). The van der Waals surface area contributed by atoms with Crippen LogP contribution in [0.1, 0.15) is 16.8 Å². The van der Waals surface area contributed by atoms with Crippen LogP contribution in [-0.4, -0.2) is 57.1 Å². The molecule has 0 N–H and O–H groups in total. The quantitative estimate of drug-likeness (QED) is 0.742. The van der Waals surface area contributed by atoms with E-state index in [9.17, 15) is 18.0 Å². The highest BCUT2D eigenvalue weighted by molar-refractivity contribution is 7.94. The molecule has 2 amide bonds. The van der Waals surface area contributed by atoms with Crippen LogP contribution < -0.4 is 9.21 Å². The highest BCUT2D eigenvalue weighted by atomic mass is 35.5. The maximum atomic E-state index is 13.0. The molecule has 0 bridgehead atoms. The minimum Gasteiger partial charge on any atom is -0.368 e. The Bertz CT molecular complexity index is 1050. The Morgan fingerprint density at radius 3 is 2.28 bits per heavy atom. The first-order valence-electron chi connectivity index (χ1n) is 9.31. The van der Waals surface area contributed by atoms with E-state index >= 15 is 0 Å². The SMILES string of the molecule is O=C(c1ccc(Cl)c(N2C(=O)CCS2(=O)=O)c1)N1CCN(c2ccccc2)CC1. The molecule has 2 aliphatic heterocycles. The average molecular weight is 434 g/mol. The predicted molar refractivity (Wildman–Crippen MR) is 112 cm³/mol. The Morgan fingerprint density at radius 2 is 1.66 bits per heavy atom. The van der Waals surface area contributed by atoms with Gasteiger partial charge < -0.3 is 9.80 Å². The molecule has 2 aromatic rings. The zero-order chi connectivity index (χ0) is 20.6. The smallest absolute Gasteiger partial charge is 0.254 e. The van der Waals surface area contributed by atoms with Gasteiger partial charge in [0, 0.05) is 43.9 Å². The van der Waals surface area contributed by atoms with Gasteiger partial charge in [-0.05, 0) is 30.3 Å². The second-order valence-corrected chi connectivity index (χ2v) is 9.35. The molecule has 29 heavy (non-hydrogen) atoms. The van der Waals surface area contributed by atoms with Gasteiger partial charge in [0.15, 0.2) is 0 Å². The molecule has 0 unspecified atom stereocenters. The Labute approximate surface area is 174 Å². The average Bonchev–Trinajstić information content (AvgIpc) is 3.01. The first-order chi connectivity index (χ1) is 13.9. The molecule has 0 atom stereocenters. The fraction of sp³-hybridized carbons (Fsp3) is 0.300. The number of carbonyl (C=O) groups excluding carboxylic acids is 2. The summed E-state index contributed by atoms with van der Waals surface area (Å²) in [6.45, 7) is 2.50. The molecule has 2 saturated heterocycles.